The molecule has 0 aromatic heterocycles. The highest BCUT2D eigenvalue weighted by molar-refractivity contribution is 4.60. The maximum absolute atomic E-state index is 5.81. The molecule has 1 unspecified atom stereocenters. The zero-order valence-electron chi connectivity index (χ0n) is 33.0. The molecule has 0 aliphatic rings. The van der Waals surface area contributed by atoms with Crippen molar-refractivity contribution in [3.05, 3.63) is 0 Å². The number of rotatable bonds is 42. The van der Waals surface area contributed by atoms with E-state index in [2.05, 4.69) is 13.8 Å². The van der Waals surface area contributed by atoms with E-state index in [0.717, 1.165) is 0 Å². The fourth-order valence-corrected chi connectivity index (χ4v) is 7.46. The maximum atomic E-state index is 5.81. The summed E-state index contributed by atoms with van der Waals surface area (Å²) in [5.74, 6) is 0. The lowest BCUT2D eigenvalue weighted by Crippen LogP contribution is -2.10. The fraction of sp³-hybridized carbons (Fsp3) is 1.00. The van der Waals surface area contributed by atoms with Crippen molar-refractivity contribution in [2.24, 2.45) is 0 Å². The van der Waals surface area contributed by atoms with Crippen LogP contribution in [0.1, 0.15) is 277 Å². The molecular formula is C45H92O. The molecule has 1 nitrogen and oxygen atoms in total. The highest BCUT2D eigenvalue weighted by Gasteiger charge is 2.07. The zero-order valence-corrected chi connectivity index (χ0v) is 33.0. The predicted octanol–water partition coefficient (Wildman–Crippen LogP) is 17.0. The number of unbranched alkanes of at least 4 members (excludes halogenated alkanes) is 37. The van der Waals surface area contributed by atoms with Gasteiger partial charge in [-0.25, -0.2) is 0 Å². The second-order valence-corrected chi connectivity index (χ2v) is 15.5. The van der Waals surface area contributed by atoms with E-state index in [1.165, 1.54) is 263 Å². The summed E-state index contributed by atoms with van der Waals surface area (Å²) in [6.45, 7) is 4.62. The van der Waals surface area contributed by atoms with E-state index in [9.17, 15) is 0 Å². The van der Waals surface area contributed by atoms with E-state index in [0.29, 0.717) is 6.10 Å². The SMILES string of the molecule is CCCCCCCCCCCCCCCCCCCCCCCCCCCCCC(CCCCCCCCCCCCCC)OC. The van der Waals surface area contributed by atoms with Crippen molar-refractivity contribution in [1.29, 1.82) is 0 Å². The van der Waals surface area contributed by atoms with Crippen molar-refractivity contribution < 1.29 is 4.74 Å². The molecule has 1 atom stereocenters. The van der Waals surface area contributed by atoms with Crippen molar-refractivity contribution in [3.63, 3.8) is 0 Å². The zero-order chi connectivity index (χ0) is 33.3. The molecule has 0 aliphatic carbocycles. The molecule has 46 heavy (non-hydrogen) atoms. The van der Waals surface area contributed by atoms with Crippen LogP contribution in [0.4, 0.5) is 0 Å². The molecule has 0 fully saturated rings. The molecule has 0 aromatic rings. The van der Waals surface area contributed by atoms with E-state index >= 15 is 0 Å². The van der Waals surface area contributed by atoms with Crippen molar-refractivity contribution in [1.82, 2.24) is 0 Å². The summed E-state index contributed by atoms with van der Waals surface area (Å²) in [5.41, 5.74) is 0. The van der Waals surface area contributed by atoms with Gasteiger partial charge in [-0.05, 0) is 12.8 Å². The van der Waals surface area contributed by atoms with Gasteiger partial charge in [-0.15, -0.1) is 0 Å². The Kier molecular flexibility index (Phi) is 42.9. The lowest BCUT2D eigenvalue weighted by molar-refractivity contribution is 0.0831. The van der Waals surface area contributed by atoms with Gasteiger partial charge in [0.1, 0.15) is 0 Å². The highest BCUT2D eigenvalue weighted by atomic mass is 16.5. The van der Waals surface area contributed by atoms with Gasteiger partial charge in [-0.1, -0.05) is 264 Å². The minimum Gasteiger partial charge on any atom is -0.381 e. The minimum absolute atomic E-state index is 0.516. The number of hydrogen-bond acceptors (Lipinski definition) is 1. The first kappa shape index (κ1) is 46.0. The summed E-state index contributed by atoms with van der Waals surface area (Å²) in [7, 11) is 1.94. The van der Waals surface area contributed by atoms with Gasteiger partial charge in [0.2, 0.25) is 0 Å². The average molecular weight is 649 g/mol. The summed E-state index contributed by atoms with van der Waals surface area (Å²) in [6, 6.07) is 0. The number of hydrogen-bond donors (Lipinski definition) is 0. The molecule has 0 N–H and O–H groups in total. The standard InChI is InChI=1S/C45H92O/c1-4-6-8-10-12-14-16-18-19-20-21-22-23-24-25-26-27-28-29-30-31-32-34-36-38-40-42-44-45(46-3)43-41-39-37-35-33-17-15-13-11-9-7-5-2/h45H,4-44H2,1-3H3. The molecule has 0 rings (SSSR count). The molecule has 0 saturated heterocycles. The molecule has 0 aliphatic heterocycles. The molecule has 0 bridgehead atoms. The fourth-order valence-electron chi connectivity index (χ4n) is 7.46. The van der Waals surface area contributed by atoms with Crippen molar-refractivity contribution in [2.45, 2.75) is 283 Å². The normalized spacial score (nSPS) is 12.3. The van der Waals surface area contributed by atoms with Crippen LogP contribution >= 0.6 is 0 Å². The van der Waals surface area contributed by atoms with Crippen LogP contribution in [-0.4, -0.2) is 13.2 Å². The Morgan fingerprint density at radius 2 is 0.391 bits per heavy atom. The molecule has 0 aromatic carbocycles. The lowest BCUT2D eigenvalue weighted by atomic mass is 10.0. The quantitative estimate of drug-likeness (QED) is 0.0598. The number of ether oxygens (including phenoxy) is 1. The second-order valence-electron chi connectivity index (χ2n) is 15.5. The summed E-state index contributed by atoms with van der Waals surface area (Å²) in [5, 5.41) is 0. The minimum atomic E-state index is 0.516. The third-order valence-electron chi connectivity index (χ3n) is 10.8. The van der Waals surface area contributed by atoms with Gasteiger partial charge >= 0.3 is 0 Å². The first-order valence-electron chi connectivity index (χ1n) is 22.4. The van der Waals surface area contributed by atoms with Crippen molar-refractivity contribution >= 4 is 0 Å². The van der Waals surface area contributed by atoms with Crippen LogP contribution < -0.4 is 0 Å². The Hall–Kier alpha value is -0.0400. The first-order chi connectivity index (χ1) is 22.8. The summed E-state index contributed by atoms with van der Waals surface area (Å²) in [4.78, 5) is 0. The molecule has 0 saturated carbocycles. The van der Waals surface area contributed by atoms with E-state index in [4.69, 9.17) is 4.74 Å². The van der Waals surface area contributed by atoms with Crippen LogP contribution in [0.2, 0.25) is 0 Å². The van der Waals surface area contributed by atoms with E-state index < -0.39 is 0 Å². The molecule has 0 radical (unpaired) electrons. The monoisotopic (exact) mass is 649 g/mol. The molecule has 1 heteroatoms. The van der Waals surface area contributed by atoms with Gasteiger partial charge in [0, 0.05) is 7.11 Å². The van der Waals surface area contributed by atoms with Crippen LogP contribution in [0, 0.1) is 0 Å². The van der Waals surface area contributed by atoms with Gasteiger partial charge in [-0.2, -0.15) is 0 Å². The molecular weight excluding hydrogens is 556 g/mol. The predicted molar refractivity (Wildman–Crippen MR) is 211 cm³/mol. The van der Waals surface area contributed by atoms with E-state index in [1.807, 2.05) is 7.11 Å². The number of methoxy groups -OCH3 is 1. The Balaban J connectivity index is 3.20. The van der Waals surface area contributed by atoms with Crippen molar-refractivity contribution in [3.8, 4) is 0 Å². The Morgan fingerprint density at radius 3 is 0.543 bits per heavy atom. The lowest BCUT2D eigenvalue weighted by Gasteiger charge is -2.15. The Bertz CT molecular complexity index is 501. The van der Waals surface area contributed by atoms with Gasteiger partial charge in [-0.3, -0.25) is 0 Å². The Labute approximate surface area is 294 Å². The van der Waals surface area contributed by atoms with Crippen LogP contribution in [0.25, 0.3) is 0 Å². The van der Waals surface area contributed by atoms with E-state index in [-0.39, 0.29) is 0 Å². The van der Waals surface area contributed by atoms with E-state index in [1.54, 1.807) is 0 Å². The Morgan fingerprint density at radius 1 is 0.239 bits per heavy atom. The van der Waals surface area contributed by atoms with Gasteiger partial charge in [0.05, 0.1) is 6.10 Å². The second kappa shape index (κ2) is 43.0. The van der Waals surface area contributed by atoms with Gasteiger partial charge in [0.25, 0.3) is 0 Å². The summed E-state index contributed by atoms with van der Waals surface area (Å²) in [6.07, 6.45) is 60.0. The molecule has 0 heterocycles. The first-order valence-corrected chi connectivity index (χ1v) is 22.4. The van der Waals surface area contributed by atoms with Gasteiger partial charge in [0.15, 0.2) is 0 Å². The summed E-state index contributed by atoms with van der Waals surface area (Å²) < 4.78 is 5.81. The highest BCUT2D eigenvalue weighted by Crippen LogP contribution is 2.19. The third kappa shape index (κ3) is 40.1. The average Bonchev–Trinajstić information content (AvgIpc) is 3.07. The topological polar surface area (TPSA) is 9.23 Å². The summed E-state index contributed by atoms with van der Waals surface area (Å²) >= 11 is 0. The van der Waals surface area contributed by atoms with Gasteiger partial charge < -0.3 is 4.74 Å². The maximum Gasteiger partial charge on any atom is 0.0571 e. The van der Waals surface area contributed by atoms with Crippen LogP contribution in [0.15, 0.2) is 0 Å². The van der Waals surface area contributed by atoms with Crippen LogP contribution in [-0.2, 0) is 4.74 Å². The smallest absolute Gasteiger partial charge is 0.0571 e. The van der Waals surface area contributed by atoms with Crippen LogP contribution in [0.3, 0.4) is 0 Å². The molecule has 278 valence electrons. The molecule has 0 spiro atoms. The molecule has 0 amide bonds. The third-order valence-corrected chi connectivity index (χ3v) is 10.8. The van der Waals surface area contributed by atoms with Crippen LogP contribution in [0.5, 0.6) is 0 Å². The largest absolute Gasteiger partial charge is 0.381 e. The van der Waals surface area contributed by atoms with Crippen molar-refractivity contribution in [2.75, 3.05) is 7.11 Å².